The van der Waals surface area contributed by atoms with Crippen molar-refractivity contribution in [2.75, 3.05) is 7.05 Å². The van der Waals surface area contributed by atoms with Crippen molar-refractivity contribution in [3.8, 4) is 0 Å². The lowest BCUT2D eigenvalue weighted by atomic mass is 9.87. The molecule has 1 aromatic rings. The molecular weight excluding hydrogens is 222 g/mol. The summed E-state index contributed by atoms with van der Waals surface area (Å²) < 4.78 is 0. The van der Waals surface area contributed by atoms with Crippen molar-refractivity contribution < 1.29 is 4.79 Å². The molecule has 0 aromatic heterocycles. The number of rotatable bonds is 1. The molecule has 98 valence electrons. The van der Waals surface area contributed by atoms with Gasteiger partial charge in [-0.25, -0.2) is 0 Å². The Labute approximate surface area is 110 Å². The van der Waals surface area contributed by atoms with E-state index in [0.29, 0.717) is 12.3 Å². The van der Waals surface area contributed by atoms with Crippen LogP contribution in [0.25, 0.3) is 0 Å². The minimum Gasteiger partial charge on any atom is -0.319 e. The van der Waals surface area contributed by atoms with E-state index < -0.39 is 0 Å². The quantitative estimate of drug-likeness (QED) is 0.735. The summed E-state index contributed by atoms with van der Waals surface area (Å²) in [5.74, 6) is 0.469. The zero-order valence-electron chi connectivity index (χ0n) is 11.9. The summed E-state index contributed by atoms with van der Waals surface area (Å²) in [6.07, 6.45) is 1.50. The molecule has 18 heavy (non-hydrogen) atoms. The number of hydrogen-bond donors (Lipinski definition) is 0. The van der Waals surface area contributed by atoms with Crippen LogP contribution in [0, 0.1) is 6.92 Å². The van der Waals surface area contributed by atoms with Crippen LogP contribution in [0.15, 0.2) is 36.5 Å². The lowest BCUT2D eigenvalue weighted by molar-refractivity contribution is -0.129. The van der Waals surface area contributed by atoms with E-state index in [0.717, 1.165) is 12.1 Å². The van der Waals surface area contributed by atoms with E-state index in [1.165, 1.54) is 11.1 Å². The Morgan fingerprint density at radius 1 is 1.22 bits per heavy atom. The van der Waals surface area contributed by atoms with Gasteiger partial charge in [0.1, 0.15) is 0 Å². The van der Waals surface area contributed by atoms with Gasteiger partial charge in [-0.2, -0.15) is 0 Å². The predicted molar refractivity (Wildman–Crippen MR) is 76.4 cm³/mol. The Balaban J connectivity index is 0.000000771. The van der Waals surface area contributed by atoms with Crippen molar-refractivity contribution in [3.05, 3.63) is 47.7 Å². The van der Waals surface area contributed by atoms with Crippen LogP contribution in [-0.2, 0) is 4.79 Å². The van der Waals surface area contributed by atoms with Crippen LogP contribution in [0.5, 0.6) is 0 Å². The Hall–Kier alpha value is -1.57. The highest BCUT2D eigenvalue weighted by molar-refractivity contribution is 5.79. The molecule has 0 aliphatic carbocycles. The zero-order chi connectivity index (χ0) is 13.7. The molecule has 0 N–H and O–H groups in total. The first-order valence-corrected chi connectivity index (χ1v) is 6.61. The smallest absolute Gasteiger partial charge is 0.226 e. The molecule has 1 aliphatic heterocycles. The zero-order valence-corrected chi connectivity index (χ0v) is 11.9. The van der Waals surface area contributed by atoms with Crippen LogP contribution in [0.1, 0.15) is 43.7 Å². The molecule has 1 unspecified atom stereocenters. The van der Waals surface area contributed by atoms with Gasteiger partial charge >= 0.3 is 0 Å². The van der Waals surface area contributed by atoms with E-state index in [4.69, 9.17) is 0 Å². The van der Waals surface area contributed by atoms with E-state index in [9.17, 15) is 4.79 Å². The molecule has 2 heteroatoms. The van der Waals surface area contributed by atoms with Crippen LogP contribution in [0.4, 0.5) is 0 Å². The Kier molecular flexibility index (Phi) is 5.14. The third-order valence-corrected chi connectivity index (χ3v) is 3.33. The number of nitrogens with zero attached hydrogens (tertiary/aromatic N) is 1. The van der Waals surface area contributed by atoms with Crippen LogP contribution in [-0.4, -0.2) is 17.9 Å². The number of hydrogen-bond acceptors (Lipinski definition) is 1. The van der Waals surface area contributed by atoms with E-state index in [-0.39, 0.29) is 5.91 Å². The molecule has 1 atom stereocenters. The first-order chi connectivity index (χ1) is 8.59. The number of carbonyl (C=O) groups excluding carboxylic acids is 1. The molecular formula is C16H23NO. The molecule has 1 heterocycles. The largest absolute Gasteiger partial charge is 0.319 e. The highest BCUT2D eigenvalue weighted by Crippen LogP contribution is 2.34. The van der Waals surface area contributed by atoms with Crippen molar-refractivity contribution in [3.63, 3.8) is 0 Å². The summed E-state index contributed by atoms with van der Waals surface area (Å²) in [7, 11) is 1.81. The molecule has 1 aliphatic rings. The van der Waals surface area contributed by atoms with Crippen LogP contribution in [0.3, 0.4) is 0 Å². The fraction of sp³-hybridized carbons (Fsp3) is 0.438. The summed E-state index contributed by atoms with van der Waals surface area (Å²) in [5, 5.41) is 0. The number of likely N-dealkylation sites (N-methyl/N-ethyl adjacent to an activating group) is 1. The van der Waals surface area contributed by atoms with Gasteiger partial charge in [-0.15, -0.1) is 0 Å². The highest BCUT2D eigenvalue weighted by atomic mass is 16.2. The molecule has 1 fully saturated rings. The molecule has 0 bridgehead atoms. The maximum absolute atomic E-state index is 11.5. The van der Waals surface area contributed by atoms with Gasteiger partial charge in [-0.1, -0.05) is 50.3 Å². The number of amides is 1. The number of piperidine rings is 1. The maximum Gasteiger partial charge on any atom is 0.226 e. The Morgan fingerprint density at radius 3 is 2.33 bits per heavy atom. The lowest BCUT2D eigenvalue weighted by Gasteiger charge is -2.32. The van der Waals surface area contributed by atoms with Crippen molar-refractivity contribution in [1.29, 1.82) is 0 Å². The third-order valence-electron chi connectivity index (χ3n) is 3.33. The van der Waals surface area contributed by atoms with Gasteiger partial charge in [0.2, 0.25) is 5.91 Å². The fourth-order valence-corrected chi connectivity index (χ4v) is 2.15. The van der Waals surface area contributed by atoms with Gasteiger partial charge in [0.05, 0.1) is 0 Å². The van der Waals surface area contributed by atoms with Crippen molar-refractivity contribution in [2.24, 2.45) is 0 Å². The van der Waals surface area contributed by atoms with Gasteiger partial charge in [0.25, 0.3) is 0 Å². The molecule has 1 amide bonds. The van der Waals surface area contributed by atoms with Crippen LogP contribution in [0.2, 0.25) is 0 Å². The lowest BCUT2D eigenvalue weighted by Crippen LogP contribution is -2.33. The normalized spacial score (nSPS) is 19.3. The van der Waals surface area contributed by atoms with Crippen LogP contribution >= 0.6 is 0 Å². The summed E-state index contributed by atoms with van der Waals surface area (Å²) in [4.78, 5) is 13.2. The second kappa shape index (κ2) is 6.39. The van der Waals surface area contributed by atoms with Gasteiger partial charge in [-0.05, 0) is 18.9 Å². The third kappa shape index (κ3) is 3.00. The second-order valence-electron chi connectivity index (χ2n) is 4.45. The maximum atomic E-state index is 11.5. The second-order valence-corrected chi connectivity index (χ2v) is 4.45. The van der Waals surface area contributed by atoms with Crippen molar-refractivity contribution in [1.82, 2.24) is 4.90 Å². The van der Waals surface area contributed by atoms with Gasteiger partial charge in [-0.3, -0.25) is 4.79 Å². The van der Waals surface area contributed by atoms with Crippen molar-refractivity contribution >= 4 is 5.91 Å². The number of carbonyl (C=O) groups is 1. The molecule has 2 nitrogen and oxygen atoms in total. The number of allylic oxidation sites excluding steroid dienone is 1. The van der Waals surface area contributed by atoms with Gasteiger partial charge in [0, 0.05) is 25.1 Å². The summed E-state index contributed by atoms with van der Waals surface area (Å²) >= 11 is 0. The Morgan fingerprint density at radius 2 is 1.78 bits per heavy atom. The average molecular weight is 245 g/mol. The summed E-state index contributed by atoms with van der Waals surface area (Å²) in [5.41, 5.74) is 3.43. The monoisotopic (exact) mass is 245 g/mol. The number of aryl methyl sites for hydroxylation is 1. The molecule has 0 saturated carbocycles. The van der Waals surface area contributed by atoms with Crippen molar-refractivity contribution in [2.45, 2.75) is 39.5 Å². The summed E-state index contributed by atoms with van der Waals surface area (Å²) in [6.45, 7) is 10.1. The first-order valence-electron chi connectivity index (χ1n) is 6.61. The van der Waals surface area contributed by atoms with E-state index in [2.05, 4.69) is 37.8 Å². The van der Waals surface area contributed by atoms with E-state index in [1.54, 1.807) is 4.90 Å². The van der Waals surface area contributed by atoms with Gasteiger partial charge < -0.3 is 4.90 Å². The molecule has 1 saturated heterocycles. The minimum absolute atomic E-state index is 0.174. The topological polar surface area (TPSA) is 20.3 Å². The predicted octanol–water partition coefficient (Wildman–Crippen LogP) is 3.87. The summed E-state index contributed by atoms with van der Waals surface area (Å²) in [6, 6.07) is 8.49. The molecule has 0 radical (unpaired) electrons. The first kappa shape index (κ1) is 14.5. The van der Waals surface area contributed by atoms with Crippen LogP contribution < -0.4 is 0 Å². The number of likely N-dealkylation sites (tertiary alicyclic amines) is 1. The van der Waals surface area contributed by atoms with E-state index in [1.807, 2.05) is 20.9 Å². The highest BCUT2D eigenvalue weighted by Gasteiger charge is 2.27. The fourth-order valence-electron chi connectivity index (χ4n) is 2.15. The standard InChI is InChI=1S/C14H17NO.C2H6/c1-10-4-6-12(7-5-10)13-8-9-14(16)15(3)11(13)2;1-2/h4-7,13H,2,8-9H2,1,3H3;1-2H3. The Bertz CT molecular complexity index is 419. The molecule has 0 spiro atoms. The van der Waals surface area contributed by atoms with E-state index >= 15 is 0 Å². The SMILES string of the molecule is C=C1C(c2ccc(C)cc2)CCC(=O)N1C.CC. The average Bonchev–Trinajstić information content (AvgIpc) is 2.40. The van der Waals surface area contributed by atoms with Gasteiger partial charge in [0.15, 0.2) is 0 Å². The minimum atomic E-state index is 0.174. The number of benzene rings is 1. The molecule has 2 rings (SSSR count). The molecule has 1 aromatic carbocycles.